The lowest BCUT2D eigenvalue weighted by Crippen LogP contribution is -2.04. The van der Waals surface area contributed by atoms with Crippen molar-refractivity contribution in [1.29, 1.82) is 0 Å². The molecule has 0 atom stereocenters. The SMILES string of the molecule is CCNN=CC(C)C. The molecule has 2 nitrogen and oxygen atoms in total. The van der Waals surface area contributed by atoms with Crippen molar-refractivity contribution in [2.24, 2.45) is 11.0 Å². The minimum absolute atomic E-state index is 0.550. The smallest absolute Gasteiger partial charge is 0.0301 e. The average Bonchev–Trinajstić information content (AvgIpc) is 1.66. The molecule has 2 heteroatoms. The highest BCUT2D eigenvalue weighted by atomic mass is 15.3. The first kappa shape index (κ1) is 7.47. The molecule has 0 bridgehead atoms. The average molecular weight is 114 g/mol. The van der Waals surface area contributed by atoms with Gasteiger partial charge in [0.25, 0.3) is 0 Å². The first-order chi connectivity index (χ1) is 3.77. The van der Waals surface area contributed by atoms with Gasteiger partial charge in [-0.25, -0.2) is 0 Å². The monoisotopic (exact) mass is 114 g/mol. The second-order valence-corrected chi connectivity index (χ2v) is 2.03. The maximum atomic E-state index is 3.91. The fraction of sp³-hybridized carbons (Fsp3) is 0.833. The third-order valence-electron chi connectivity index (χ3n) is 0.622. The summed E-state index contributed by atoms with van der Waals surface area (Å²) in [6, 6.07) is 0. The molecule has 0 aromatic heterocycles. The molecule has 8 heavy (non-hydrogen) atoms. The Labute approximate surface area is 51.0 Å². The van der Waals surface area contributed by atoms with Gasteiger partial charge in [0.1, 0.15) is 0 Å². The summed E-state index contributed by atoms with van der Waals surface area (Å²) in [6.07, 6.45) is 1.89. The van der Waals surface area contributed by atoms with Crippen LogP contribution in [0.25, 0.3) is 0 Å². The molecule has 0 rings (SSSR count). The Bertz CT molecular complexity index is 66.9. The lowest BCUT2D eigenvalue weighted by atomic mass is 10.3. The quantitative estimate of drug-likeness (QED) is 0.433. The number of hydrazone groups is 1. The van der Waals surface area contributed by atoms with Crippen molar-refractivity contribution in [3.05, 3.63) is 0 Å². The number of nitrogens with one attached hydrogen (secondary N) is 1. The van der Waals surface area contributed by atoms with Crippen molar-refractivity contribution in [1.82, 2.24) is 5.43 Å². The van der Waals surface area contributed by atoms with Gasteiger partial charge < -0.3 is 5.43 Å². The Kier molecular flexibility index (Phi) is 4.32. The summed E-state index contributed by atoms with van der Waals surface area (Å²) in [4.78, 5) is 0. The summed E-state index contributed by atoms with van der Waals surface area (Å²) in [6.45, 7) is 7.13. The van der Waals surface area contributed by atoms with E-state index in [1.165, 1.54) is 0 Å². The van der Waals surface area contributed by atoms with Crippen molar-refractivity contribution in [3.63, 3.8) is 0 Å². The summed E-state index contributed by atoms with van der Waals surface area (Å²) < 4.78 is 0. The standard InChI is InChI=1S/C6H14N2/c1-4-7-8-5-6(2)3/h5-7H,4H2,1-3H3. The Morgan fingerprint density at radius 3 is 2.62 bits per heavy atom. The number of rotatable bonds is 3. The molecule has 0 aliphatic carbocycles. The van der Waals surface area contributed by atoms with Crippen molar-refractivity contribution in [3.8, 4) is 0 Å². The Morgan fingerprint density at radius 1 is 1.62 bits per heavy atom. The van der Waals surface area contributed by atoms with Crippen LogP contribution in [0.4, 0.5) is 0 Å². The lowest BCUT2D eigenvalue weighted by Gasteiger charge is -1.93. The molecule has 0 saturated heterocycles. The molecule has 0 fully saturated rings. The van der Waals surface area contributed by atoms with Crippen molar-refractivity contribution >= 4 is 6.21 Å². The summed E-state index contributed by atoms with van der Waals surface area (Å²) in [5, 5.41) is 3.91. The van der Waals surface area contributed by atoms with Gasteiger partial charge in [-0.15, -0.1) is 0 Å². The van der Waals surface area contributed by atoms with E-state index in [0.717, 1.165) is 6.54 Å². The first-order valence-electron chi connectivity index (χ1n) is 3.03. The Hall–Kier alpha value is -0.530. The minimum Gasteiger partial charge on any atom is -0.311 e. The number of nitrogens with zero attached hydrogens (tertiary/aromatic N) is 1. The number of hydrogen-bond acceptors (Lipinski definition) is 2. The van der Waals surface area contributed by atoms with Crippen LogP contribution >= 0.6 is 0 Å². The third kappa shape index (κ3) is 5.47. The van der Waals surface area contributed by atoms with Gasteiger partial charge >= 0.3 is 0 Å². The Balaban J connectivity index is 3.07. The van der Waals surface area contributed by atoms with E-state index in [-0.39, 0.29) is 0 Å². The van der Waals surface area contributed by atoms with Crippen LogP contribution in [-0.2, 0) is 0 Å². The molecule has 48 valence electrons. The second kappa shape index (κ2) is 4.62. The van der Waals surface area contributed by atoms with Gasteiger partial charge in [0, 0.05) is 12.8 Å². The van der Waals surface area contributed by atoms with Crippen LogP contribution in [0, 0.1) is 5.92 Å². The Morgan fingerprint density at radius 2 is 2.25 bits per heavy atom. The van der Waals surface area contributed by atoms with E-state index in [2.05, 4.69) is 24.4 Å². The van der Waals surface area contributed by atoms with Gasteiger partial charge in [-0.2, -0.15) is 5.10 Å². The zero-order valence-electron chi connectivity index (χ0n) is 5.81. The maximum absolute atomic E-state index is 3.91. The molecule has 0 radical (unpaired) electrons. The zero-order chi connectivity index (χ0) is 6.41. The van der Waals surface area contributed by atoms with E-state index in [4.69, 9.17) is 0 Å². The highest BCUT2D eigenvalue weighted by Crippen LogP contribution is 1.82. The van der Waals surface area contributed by atoms with Gasteiger partial charge in [0.05, 0.1) is 0 Å². The van der Waals surface area contributed by atoms with Crippen LogP contribution < -0.4 is 5.43 Å². The highest BCUT2D eigenvalue weighted by molar-refractivity contribution is 5.58. The molecule has 0 aliphatic heterocycles. The molecular weight excluding hydrogens is 100 g/mol. The predicted octanol–water partition coefficient (Wildman–Crippen LogP) is 1.24. The summed E-state index contributed by atoms with van der Waals surface area (Å²) in [7, 11) is 0. The molecule has 0 aromatic rings. The predicted molar refractivity (Wildman–Crippen MR) is 37.0 cm³/mol. The zero-order valence-corrected chi connectivity index (χ0v) is 5.81. The van der Waals surface area contributed by atoms with Crippen LogP contribution in [0.3, 0.4) is 0 Å². The van der Waals surface area contributed by atoms with Gasteiger partial charge in [-0.3, -0.25) is 0 Å². The van der Waals surface area contributed by atoms with E-state index in [9.17, 15) is 0 Å². The molecule has 0 aromatic carbocycles. The van der Waals surface area contributed by atoms with Crippen molar-refractivity contribution in [2.75, 3.05) is 6.54 Å². The van der Waals surface area contributed by atoms with E-state index < -0.39 is 0 Å². The van der Waals surface area contributed by atoms with E-state index in [1.54, 1.807) is 0 Å². The fourth-order valence-corrected chi connectivity index (χ4v) is 0.293. The normalized spacial score (nSPS) is 11.0. The van der Waals surface area contributed by atoms with Gasteiger partial charge in [0.15, 0.2) is 0 Å². The summed E-state index contributed by atoms with van der Waals surface area (Å²) in [5.74, 6) is 0.550. The van der Waals surface area contributed by atoms with Crippen molar-refractivity contribution in [2.45, 2.75) is 20.8 Å². The molecule has 1 N–H and O–H groups in total. The molecule has 0 amide bonds. The second-order valence-electron chi connectivity index (χ2n) is 2.03. The molecule has 0 spiro atoms. The van der Waals surface area contributed by atoms with Gasteiger partial charge in [-0.05, 0) is 12.8 Å². The van der Waals surface area contributed by atoms with Crippen molar-refractivity contribution < 1.29 is 0 Å². The van der Waals surface area contributed by atoms with Crippen LogP contribution in [-0.4, -0.2) is 12.8 Å². The van der Waals surface area contributed by atoms with E-state index in [1.807, 2.05) is 13.1 Å². The maximum Gasteiger partial charge on any atom is 0.0301 e. The third-order valence-corrected chi connectivity index (χ3v) is 0.622. The molecular formula is C6H14N2. The largest absolute Gasteiger partial charge is 0.311 e. The van der Waals surface area contributed by atoms with E-state index >= 15 is 0 Å². The minimum atomic E-state index is 0.550. The molecule has 0 aliphatic rings. The topological polar surface area (TPSA) is 24.4 Å². The lowest BCUT2D eigenvalue weighted by molar-refractivity contribution is 0.769. The van der Waals surface area contributed by atoms with Crippen LogP contribution in [0.1, 0.15) is 20.8 Å². The molecule has 0 heterocycles. The van der Waals surface area contributed by atoms with Gasteiger partial charge in [0.2, 0.25) is 0 Å². The van der Waals surface area contributed by atoms with Crippen LogP contribution in [0.15, 0.2) is 5.10 Å². The van der Waals surface area contributed by atoms with Gasteiger partial charge in [-0.1, -0.05) is 13.8 Å². The summed E-state index contributed by atoms with van der Waals surface area (Å²) >= 11 is 0. The molecule has 0 unspecified atom stereocenters. The first-order valence-corrected chi connectivity index (χ1v) is 3.03. The molecule has 0 saturated carbocycles. The number of hydrogen-bond donors (Lipinski definition) is 1. The summed E-state index contributed by atoms with van der Waals surface area (Å²) in [5.41, 5.74) is 2.85. The van der Waals surface area contributed by atoms with E-state index in [0.29, 0.717) is 5.92 Å². The van der Waals surface area contributed by atoms with Crippen LogP contribution in [0.2, 0.25) is 0 Å². The highest BCUT2D eigenvalue weighted by Gasteiger charge is 1.80. The van der Waals surface area contributed by atoms with Crippen LogP contribution in [0.5, 0.6) is 0 Å². The fourth-order valence-electron chi connectivity index (χ4n) is 0.293.